The molecular weight excluding hydrogens is 416 g/mol. The highest BCUT2D eigenvalue weighted by Crippen LogP contribution is 2.31. The van der Waals surface area contributed by atoms with Crippen molar-refractivity contribution < 1.29 is 19.4 Å². The zero-order valence-corrected chi connectivity index (χ0v) is 19.7. The van der Waals surface area contributed by atoms with Gasteiger partial charge >= 0.3 is 5.97 Å². The van der Waals surface area contributed by atoms with E-state index in [-0.39, 0.29) is 18.4 Å². The van der Waals surface area contributed by atoms with Gasteiger partial charge in [-0.15, -0.1) is 5.92 Å². The largest absolute Gasteiger partial charge is 0.486 e. The van der Waals surface area contributed by atoms with E-state index in [1.807, 2.05) is 31.2 Å². The van der Waals surface area contributed by atoms with E-state index >= 15 is 0 Å². The molecule has 2 aromatic carbocycles. The number of hydrogen-bond donors (Lipinski definition) is 2. The molecule has 2 atom stereocenters. The van der Waals surface area contributed by atoms with Gasteiger partial charge in [0, 0.05) is 12.0 Å². The predicted octanol–water partition coefficient (Wildman–Crippen LogP) is 5.85. The van der Waals surface area contributed by atoms with Crippen LogP contribution in [0.15, 0.2) is 42.5 Å². The minimum Gasteiger partial charge on any atom is -0.486 e. The van der Waals surface area contributed by atoms with Crippen LogP contribution in [0.25, 0.3) is 10.9 Å². The number of benzene rings is 2. The number of H-pyrrole nitrogens is 1. The summed E-state index contributed by atoms with van der Waals surface area (Å²) in [5.74, 6) is 5.80. The summed E-state index contributed by atoms with van der Waals surface area (Å²) in [5.41, 5.74) is 3.81. The number of carbonyl (C=O) groups is 1. The van der Waals surface area contributed by atoms with E-state index in [0.29, 0.717) is 19.1 Å². The summed E-state index contributed by atoms with van der Waals surface area (Å²) in [5, 5.41) is 17.8. The van der Waals surface area contributed by atoms with Crippen molar-refractivity contribution in [1.82, 2.24) is 10.2 Å². The Bertz CT molecular complexity index is 1120. The molecule has 0 radical (unpaired) electrons. The standard InChI is InChI=1S/C27H32N2O4/c1-5-7-20(16-27(30)31)19-8-11-22(12-9-19)33-26(14-18(3)4)21-10-13-23-24(15-21)28-29-25(23)17-32-6-2/h8-13,15,18,20,26H,6,14,16-17H2,1-4H3,(H,28,29)(H,30,31)/t20?,26-/m0/s1. The van der Waals surface area contributed by atoms with Gasteiger partial charge in [-0.05, 0) is 55.5 Å². The number of fused-ring (bicyclic) bond motifs is 1. The van der Waals surface area contributed by atoms with Crippen molar-refractivity contribution in [2.45, 2.75) is 59.2 Å². The quantitative estimate of drug-likeness (QED) is 0.360. The second kappa shape index (κ2) is 11.5. The van der Waals surface area contributed by atoms with Gasteiger partial charge in [-0.1, -0.05) is 44.0 Å². The van der Waals surface area contributed by atoms with E-state index in [2.05, 4.69) is 54.1 Å². The lowest BCUT2D eigenvalue weighted by Gasteiger charge is -2.22. The molecule has 3 aromatic rings. The molecule has 1 unspecified atom stereocenters. The number of aromatic nitrogens is 2. The molecule has 0 fully saturated rings. The summed E-state index contributed by atoms with van der Waals surface area (Å²) in [4.78, 5) is 11.2. The van der Waals surface area contributed by atoms with Crippen molar-refractivity contribution >= 4 is 16.9 Å². The van der Waals surface area contributed by atoms with Gasteiger partial charge in [0.2, 0.25) is 0 Å². The Morgan fingerprint density at radius 1 is 1.15 bits per heavy atom. The third-order valence-corrected chi connectivity index (χ3v) is 5.42. The summed E-state index contributed by atoms with van der Waals surface area (Å²) in [6.45, 7) is 9.21. The monoisotopic (exact) mass is 448 g/mol. The van der Waals surface area contributed by atoms with Gasteiger partial charge in [0.25, 0.3) is 0 Å². The van der Waals surface area contributed by atoms with E-state index in [9.17, 15) is 4.79 Å². The van der Waals surface area contributed by atoms with Crippen LogP contribution < -0.4 is 4.74 Å². The van der Waals surface area contributed by atoms with Gasteiger partial charge in [0.1, 0.15) is 11.9 Å². The Labute approximate surface area is 195 Å². The summed E-state index contributed by atoms with van der Waals surface area (Å²) in [6.07, 6.45) is 0.704. The second-order valence-corrected chi connectivity index (χ2v) is 8.47. The number of carboxylic acid groups (broad SMARTS) is 1. The zero-order valence-electron chi connectivity index (χ0n) is 19.7. The first-order valence-corrected chi connectivity index (χ1v) is 11.4. The van der Waals surface area contributed by atoms with Crippen molar-refractivity contribution in [3.63, 3.8) is 0 Å². The lowest BCUT2D eigenvalue weighted by atomic mass is 9.96. The van der Waals surface area contributed by atoms with E-state index in [0.717, 1.165) is 39.9 Å². The van der Waals surface area contributed by atoms with Crippen LogP contribution in [0.2, 0.25) is 0 Å². The van der Waals surface area contributed by atoms with Crippen LogP contribution in [-0.2, 0) is 16.1 Å². The molecule has 0 aliphatic carbocycles. The normalized spacial score (nSPS) is 12.9. The fourth-order valence-corrected chi connectivity index (χ4v) is 3.82. The van der Waals surface area contributed by atoms with Crippen molar-refractivity contribution in [1.29, 1.82) is 0 Å². The third kappa shape index (κ3) is 6.59. The van der Waals surface area contributed by atoms with Crippen LogP contribution in [0.3, 0.4) is 0 Å². The zero-order chi connectivity index (χ0) is 23.8. The highest BCUT2D eigenvalue weighted by molar-refractivity contribution is 5.82. The first kappa shape index (κ1) is 24.3. The topological polar surface area (TPSA) is 84.4 Å². The maximum absolute atomic E-state index is 11.2. The summed E-state index contributed by atoms with van der Waals surface area (Å²) in [7, 11) is 0. The van der Waals surface area contributed by atoms with Gasteiger partial charge in [-0.25, -0.2) is 0 Å². The van der Waals surface area contributed by atoms with Crippen molar-refractivity contribution in [3.8, 4) is 17.6 Å². The first-order chi connectivity index (χ1) is 15.9. The molecule has 0 amide bonds. The summed E-state index contributed by atoms with van der Waals surface area (Å²) in [6, 6.07) is 13.8. The number of hydrogen-bond acceptors (Lipinski definition) is 4. The van der Waals surface area contributed by atoms with E-state index in [1.54, 1.807) is 6.92 Å². The highest BCUT2D eigenvalue weighted by Gasteiger charge is 2.18. The van der Waals surface area contributed by atoms with Crippen LogP contribution in [0.4, 0.5) is 0 Å². The average molecular weight is 449 g/mol. The lowest BCUT2D eigenvalue weighted by molar-refractivity contribution is -0.137. The van der Waals surface area contributed by atoms with Crippen molar-refractivity contribution in [2.24, 2.45) is 5.92 Å². The van der Waals surface area contributed by atoms with Gasteiger partial charge < -0.3 is 14.6 Å². The molecule has 174 valence electrons. The third-order valence-electron chi connectivity index (χ3n) is 5.42. The number of aromatic amines is 1. The molecular formula is C27H32N2O4. The molecule has 0 saturated carbocycles. The number of ether oxygens (including phenoxy) is 2. The minimum absolute atomic E-state index is 0.0218. The Balaban J connectivity index is 1.82. The minimum atomic E-state index is -0.863. The highest BCUT2D eigenvalue weighted by atomic mass is 16.5. The second-order valence-electron chi connectivity index (χ2n) is 8.47. The van der Waals surface area contributed by atoms with Crippen LogP contribution in [0.1, 0.15) is 69.4 Å². The van der Waals surface area contributed by atoms with Crippen LogP contribution >= 0.6 is 0 Å². The van der Waals surface area contributed by atoms with E-state index < -0.39 is 5.97 Å². The molecule has 1 heterocycles. The fraction of sp³-hybridized carbons (Fsp3) is 0.407. The van der Waals surface area contributed by atoms with Crippen LogP contribution in [0.5, 0.6) is 5.75 Å². The maximum atomic E-state index is 11.2. The Kier molecular flexibility index (Phi) is 8.51. The molecule has 0 spiro atoms. The van der Waals surface area contributed by atoms with E-state index in [1.165, 1.54) is 0 Å². The van der Waals surface area contributed by atoms with Gasteiger partial charge in [-0.2, -0.15) is 5.10 Å². The average Bonchev–Trinajstić information content (AvgIpc) is 3.19. The van der Waals surface area contributed by atoms with Crippen molar-refractivity contribution in [3.05, 3.63) is 59.3 Å². The van der Waals surface area contributed by atoms with E-state index in [4.69, 9.17) is 14.6 Å². The lowest BCUT2D eigenvalue weighted by Crippen LogP contribution is -2.11. The smallest absolute Gasteiger partial charge is 0.304 e. The number of nitrogens with one attached hydrogen (secondary N) is 1. The summed E-state index contributed by atoms with van der Waals surface area (Å²) >= 11 is 0. The maximum Gasteiger partial charge on any atom is 0.304 e. The van der Waals surface area contributed by atoms with Gasteiger partial charge in [0.15, 0.2) is 0 Å². The number of aliphatic carboxylic acids is 1. The molecule has 33 heavy (non-hydrogen) atoms. The number of carboxylic acids is 1. The Hall–Kier alpha value is -3.30. The van der Waals surface area contributed by atoms with Crippen LogP contribution in [-0.4, -0.2) is 27.9 Å². The van der Waals surface area contributed by atoms with Crippen LogP contribution in [0, 0.1) is 17.8 Å². The summed E-state index contributed by atoms with van der Waals surface area (Å²) < 4.78 is 11.9. The number of nitrogens with zero attached hydrogens (tertiary/aromatic N) is 1. The Morgan fingerprint density at radius 2 is 1.88 bits per heavy atom. The van der Waals surface area contributed by atoms with Gasteiger partial charge in [-0.3, -0.25) is 9.89 Å². The Morgan fingerprint density at radius 3 is 2.52 bits per heavy atom. The molecule has 6 nitrogen and oxygen atoms in total. The molecule has 6 heteroatoms. The first-order valence-electron chi connectivity index (χ1n) is 11.4. The predicted molar refractivity (Wildman–Crippen MR) is 129 cm³/mol. The molecule has 0 aliphatic heterocycles. The molecule has 0 bridgehead atoms. The molecule has 0 aliphatic rings. The fourth-order valence-electron chi connectivity index (χ4n) is 3.82. The molecule has 0 saturated heterocycles. The van der Waals surface area contributed by atoms with Gasteiger partial charge in [0.05, 0.1) is 30.2 Å². The molecule has 3 rings (SSSR count). The van der Waals surface area contributed by atoms with Crippen molar-refractivity contribution in [2.75, 3.05) is 6.61 Å². The number of rotatable bonds is 11. The molecule has 2 N–H and O–H groups in total. The SMILES string of the molecule is CC#CC(CC(=O)O)c1ccc(O[C@@H](CC(C)C)c2ccc3c(COCC)[nH]nc3c2)cc1. The molecule has 1 aromatic heterocycles.